The first-order valence-corrected chi connectivity index (χ1v) is 8.62. The first kappa shape index (κ1) is 19.9. The summed E-state index contributed by atoms with van der Waals surface area (Å²) in [6.07, 6.45) is 0.934. The molecule has 0 radical (unpaired) electrons. The number of nitrogens with zero attached hydrogens (tertiary/aromatic N) is 1. The molecule has 5 nitrogen and oxygen atoms in total. The molecule has 1 aliphatic rings. The van der Waals surface area contributed by atoms with Gasteiger partial charge in [0.15, 0.2) is 0 Å². The summed E-state index contributed by atoms with van der Waals surface area (Å²) in [5.41, 5.74) is 2.69. The second kappa shape index (κ2) is 9.36. The second-order valence-corrected chi connectivity index (χ2v) is 6.26. The number of halogens is 1. The highest BCUT2D eigenvalue weighted by Gasteiger charge is 2.20. The smallest absolute Gasteiger partial charge is 0.256 e. The van der Waals surface area contributed by atoms with Crippen LogP contribution in [0.3, 0.4) is 0 Å². The van der Waals surface area contributed by atoms with Crippen molar-refractivity contribution in [3.05, 3.63) is 65.2 Å². The van der Waals surface area contributed by atoms with Gasteiger partial charge in [-0.15, -0.1) is 12.4 Å². The van der Waals surface area contributed by atoms with Crippen LogP contribution in [-0.4, -0.2) is 42.9 Å². The number of carbonyl (C=O) groups is 2. The Bertz CT molecular complexity index is 771. The number of carbonyl (C=O) groups excluding carboxylic acids is 2. The van der Waals surface area contributed by atoms with Crippen LogP contribution in [0.25, 0.3) is 0 Å². The van der Waals surface area contributed by atoms with Gasteiger partial charge in [-0.05, 0) is 44.2 Å². The van der Waals surface area contributed by atoms with Crippen molar-refractivity contribution >= 4 is 29.9 Å². The van der Waals surface area contributed by atoms with Crippen LogP contribution in [-0.2, 0) is 0 Å². The first-order chi connectivity index (χ1) is 12.1. The third-order valence-electron chi connectivity index (χ3n) is 4.31. The monoisotopic (exact) mass is 373 g/mol. The van der Waals surface area contributed by atoms with Crippen molar-refractivity contribution in [2.75, 3.05) is 31.5 Å². The van der Waals surface area contributed by atoms with Crippen molar-refractivity contribution in [1.82, 2.24) is 10.2 Å². The fourth-order valence-corrected chi connectivity index (χ4v) is 2.98. The molecular formula is C20H24ClN3O2. The van der Waals surface area contributed by atoms with E-state index in [4.69, 9.17) is 0 Å². The Kier molecular flexibility index (Phi) is 7.18. The van der Waals surface area contributed by atoms with E-state index in [0.717, 1.165) is 31.6 Å². The number of para-hydroxylation sites is 1. The molecule has 2 aromatic carbocycles. The van der Waals surface area contributed by atoms with E-state index in [1.54, 1.807) is 18.2 Å². The van der Waals surface area contributed by atoms with Gasteiger partial charge in [-0.2, -0.15) is 0 Å². The molecule has 0 aromatic heterocycles. The molecule has 0 aliphatic carbocycles. The van der Waals surface area contributed by atoms with E-state index < -0.39 is 0 Å². The number of benzene rings is 2. The van der Waals surface area contributed by atoms with Gasteiger partial charge in [0, 0.05) is 25.2 Å². The lowest BCUT2D eigenvalue weighted by atomic mass is 10.1. The zero-order valence-corrected chi connectivity index (χ0v) is 15.6. The van der Waals surface area contributed by atoms with Crippen molar-refractivity contribution in [3.63, 3.8) is 0 Å². The molecule has 138 valence electrons. The highest BCUT2D eigenvalue weighted by Crippen LogP contribution is 2.19. The van der Waals surface area contributed by atoms with Gasteiger partial charge in [-0.1, -0.05) is 29.8 Å². The van der Waals surface area contributed by atoms with Crippen molar-refractivity contribution in [1.29, 1.82) is 0 Å². The number of aryl methyl sites for hydroxylation is 1. The Labute approximate surface area is 160 Å². The summed E-state index contributed by atoms with van der Waals surface area (Å²) in [6.45, 7) is 5.08. The van der Waals surface area contributed by atoms with E-state index in [2.05, 4.69) is 10.6 Å². The van der Waals surface area contributed by atoms with Gasteiger partial charge >= 0.3 is 0 Å². The fraction of sp³-hybridized carbons (Fsp3) is 0.300. The molecule has 2 aromatic rings. The number of anilines is 1. The Morgan fingerprint density at radius 1 is 1.04 bits per heavy atom. The van der Waals surface area contributed by atoms with Crippen molar-refractivity contribution in [3.8, 4) is 0 Å². The van der Waals surface area contributed by atoms with Crippen LogP contribution in [0.5, 0.6) is 0 Å². The minimum Gasteiger partial charge on any atom is -0.337 e. The lowest BCUT2D eigenvalue weighted by Gasteiger charge is -2.21. The van der Waals surface area contributed by atoms with Crippen LogP contribution >= 0.6 is 12.4 Å². The molecule has 1 aliphatic heterocycles. The summed E-state index contributed by atoms with van der Waals surface area (Å²) in [7, 11) is 0. The molecule has 0 saturated carbocycles. The second-order valence-electron chi connectivity index (χ2n) is 6.26. The average molecular weight is 374 g/mol. The van der Waals surface area contributed by atoms with Crippen LogP contribution < -0.4 is 10.6 Å². The van der Waals surface area contributed by atoms with Crippen LogP contribution in [0.4, 0.5) is 5.69 Å². The molecule has 0 spiro atoms. The van der Waals surface area contributed by atoms with E-state index in [-0.39, 0.29) is 24.2 Å². The normalized spacial score (nSPS) is 14.1. The third-order valence-corrected chi connectivity index (χ3v) is 4.31. The number of hydrogen-bond donors (Lipinski definition) is 2. The summed E-state index contributed by atoms with van der Waals surface area (Å²) in [4.78, 5) is 27.3. The molecule has 0 atom stereocenters. The van der Waals surface area contributed by atoms with Gasteiger partial charge in [0.05, 0.1) is 11.3 Å². The zero-order chi connectivity index (χ0) is 17.6. The molecule has 0 unspecified atom stereocenters. The average Bonchev–Trinajstić information content (AvgIpc) is 2.91. The van der Waals surface area contributed by atoms with Crippen LogP contribution in [0, 0.1) is 6.92 Å². The van der Waals surface area contributed by atoms with E-state index >= 15 is 0 Å². The molecule has 6 heteroatoms. The van der Waals surface area contributed by atoms with Gasteiger partial charge in [0.2, 0.25) is 0 Å². The first-order valence-electron chi connectivity index (χ1n) is 8.62. The Morgan fingerprint density at radius 3 is 2.65 bits per heavy atom. The maximum Gasteiger partial charge on any atom is 0.256 e. The van der Waals surface area contributed by atoms with Crippen molar-refractivity contribution in [2.24, 2.45) is 0 Å². The molecule has 1 fully saturated rings. The summed E-state index contributed by atoms with van der Waals surface area (Å²) in [6, 6.07) is 14.6. The van der Waals surface area contributed by atoms with E-state index in [1.807, 2.05) is 42.2 Å². The van der Waals surface area contributed by atoms with Crippen molar-refractivity contribution < 1.29 is 9.59 Å². The van der Waals surface area contributed by atoms with Crippen molar-refractivity contribution in [2.45, 2.75) is 13.3 Å². The van der Waals surface area contributed by atoms with Crippen LogP contribution in [0.15, 0.2) is 48.5 Å². The highest BCUT2D eigenvalue weighted by molar-refractivity contribution is 6.09. The van der Waals surface area contributed by atoms with Gasteiger partial charge in [0.1, 0.15) is 0 Å². The van der Waals surface area contributed by atoms with Gasteiger partial charge in [0.25, 0.3) is 11.8 Å². The summed E-state index contributed by atoms with van der Waals surface area (Å²) >= 11 is 0. The Hall–Kier alpha value is -2.37. The fourth-order valence-electron chi connectivity index (χ4n) is 2.98. The summed E-state index contributed by atoms with van der Waals surface area (Å²) in [5.74, 6) is -0.245. The standard InChI is InChI=1S/C20H23N3O2.ClH/c1-15-6-4-7-16(14-15)19(24)22-18-9-3-2-8-17(18)20(25)23-12-5-10-21-11-13-23;/h2-4,6-9,14,21H,5,10-13H2,1H3,(H,22,24);1H. The van der Waals surface area contributed by atoms with E-state index in [9.17, 15) is 9.59 Å². The number of rotatable bonds is 3. The molecule has 2 N–H and O–H groups in total. The summed E-state index contributed by atoms with van der Waals surface area (Å²) < 4.78 is 0. The largest absolute Gasteiger partial charge is 0.337 e. The number of hydrogen-bond acceptors (Lipinski definition) is 3. The number of nitrogens with one attached hydrogen (secondary N) is 2. The quantitative estimate of drug-likeness (QED) is 0.869. The van der Waals surface area contributed by atoms with Crippen LogP contribution in [0.2, 0.25) is 0 Å². The van der Waals surface area contributed by atoms with Gasteiger partial charge < -0.3 is 15.5 Å². The Balaban J connectivity index is 0.00000243. The lowest BCUT2D eigenvalue weighted by molar-refractivity contribution is 0.0767. The zero-order valence-electron chi connectivity index (χ0n) is 14.8. The minimum absolute atomic E-state index is 0. The Morgan fingerprint density at radius 2 is 1.85 bits per heavy atom. The molecule has 26 heavy (non-hydrogen) atoms. The maximum atomic E-state index is 12.9. The lowest BCUT2D eigenvalue weighted by Crippen LogP contribution is -2.34. The maximum absolute atomic E-state index is 12.9. The highest BCUT2D eigenvalue weighted by atomic mass is 35.5. The van der Waals surface area contributed by atoms with E-state index in [1.165, 1.54) is 0 Å². The molecule has 1 saturated heterocycles. The topological polar surface area (TPSA) is 61.4 Å². The third kappa shape index (κ3) is 4.84. The molecular weight excluding hydrogens is 350 g/mol. The molecule has 0 bridgehead atoms. The molecule has 1 heterocycles. The summed E-state index contributed by atoms with van der Waals surface area (Å²) in [5, 5.41) is 6.18. The van der Waals surface area contributed by atoms with Gasteiger partial charge in [-0.25, -0.2) is 0 Å². The number of amides is 2. The molecule has 2 amide bonds. The van der Waals surface area contributed by atoms with E-state index in [0.29, 0.717) is 23.4 Å². The minimum atomic E-state index is -0.207. The molecule has 3 rings (SSSR count). The van der Waals surface area contributed by atoms with Gasteiger partial charge in [-0.3, -0.25) is 9.59 Å². The predicted molar refractivity (Wildman–Crippen MR) is 106 cm³/mol. The van der Waals surface area contributed by atoms with Crippen LogP contribution in [0.1, 0.15) is 32.7 Å². The predicted octanol–water partition coefficient (Wildman–Crippen LogP) is 3.10. The SMILES string of the molecule is Cc1cccc(C(=O)Nc2ccccc2C(=O)N2CCCNCC2)c1.Cl.